The zero-order valence-electron chi connectivity index (χ0n) is 9.76. The summed E-state index contributed by atoms with van der Waals surface area (Å²) in [5.74, 6) is -0.468. The standard InChI is InChI=1S/C13H11FN2O2/c1-2-18-13(17)11-7-8-15-12(16-11)9-3-5-10(14)6-4-9/h3-8H,2H2,1H3. The lowest BCUT2D eigenvalue weighted by Crippen LogP contribution is -2.08. The van der Waals surface area contributed by atoms with Gasteiger partial charge in [0.2, 0.25) is 0 Å². The van der Waals surface area contributed by atoms with Gasteiger partial charge in [-0.2, -0.15) is 0 Å². The van der Waals surface area contributed by atoms with Crippen molar-refractivity contribution in [2.45, 2.75) is 6.92 Å². The average Bonchev–Trinajstić information content (AvgIpc) is 2.40. The maximum atomic E-state index is 12.8. The second-order valence-corrected chi connectivity index (χ2v) is 3.49. The van der Waals surface area contributed by atoms with Gasteiger partial charge in [-0.1, -0.05) is 0 Å². The van der Waals surface area contributed by atoms with Crippen molar-refractivity contribution in [3.05, 3.63) is 48.0 Å². The summed E-state index contributed by atoms with van der Waals surface area (Å²) in [6.45, 7) is 2.01. The molecular formula is C13H11FN2O2. The molecule has 0 spiro atoms. The SMILES string of the molecule is CCOC(=O)c1ccnc(-c2ccc(F)cc2)n1. The monoisotopic (exact) mass is 246 g/mol. The van der Waals surface area contributed by atoms with Crippen LogP contribution in [0.1, 0.15) is 17.4 Å². The molecule has 18 heavy (non-hydrogen) atoms. The molecule has 1 aromatic heterocycles. The van der Waals surface area contributed by atoms with E-state index in [0.717, 1.165) is 0 Å². The molecule has 4 nitrogen and oxygen atoms in total. The van der Waals surface area contributed by atoms with Gasteiger partial charge < -0.3 is 4.74 Å². The van der Waals surface area contributed by atoms with Crippen molar-refractivity contribution in [3.63, 3.8) is 0 Å². The molecule has 0 aliphatic rings. The average molecular weight is 246 g/mol. The molecule has 0 unspecified atom stereocenters. The van der Waals surface area contributed by atoms with Crippen LogP contribution in [0.25, 0.3) is 11.4 Å². The molecule has 0 saturated heterocycles. The molecule has 0 N–H and O–H groups in total. The smallest absolute Gasteiger partial charge is 0.357 e. The molecule has 1 heterocycles. The lowest BCUT2D eigenvalue weighted by Gasteiger charge is -2.03. The van der Waals surface area contributed by atoms with Gasteiger partial charge in [-0.25, -0.2) is 19.2 Å². The van der Waals surface area contributed by atoms with Gasteiger partial charge in [0.15, 0.2) is 11.5 Å². The minimum atomic E-state index is -0.497. The van der Waals surface area contributed by atoms with Crippen molar-refractivity contribution >= 4 is 5.97 Å². The van der Waals surface area contributed by atoms with Crippen LogP contribution in [0, 0.1) is 5.82 Å². The number of aromatic nitrogens is 2. The summed E-state index contributed by atoms with van der Waals surface area (Å²) in [5, 5.41) is 0. The molecule has 2 aromatic rings. The van der Waals surface area contributed by atoms with Gasteiger partial charge >= 0.3 is 5.97 Å². The Kier molecular flexibility index (Phi) is 3.62. The first-order valence-corrected chi connectivity index (χ1v) is 5.47. The molecule has 0 aliphatic heterocycles. The second kappa shape index (κ2) is 5.35. The van der Waals surface area contributed by atoms with Crippen LogP contribution in [0.3, 0.4) is 0 Å². The molecular weight excluding hydrogens is 235 g/mol. The van der Waals surface area contributed by atoms with Crippen molar-refractivity contribution in [1.82, 2.24) is 9.97 Å². The van der Waals surface area contributed by atoms with Gasteiger partial charge in [-0.3, -0.25) is 0 Å². The first kappa shape index (κ1) is 12.2. The predicted octanol–water partition coefficient (Wildman–Crippen LogP) is 2.46. The van der Waals surface area contributed by atoms with Crippen molar-refractivity contribution in [2.75, 3.05) is 6.61 Å². The van der Waals surface area contributed by atoms with Crippen LogP contribution >= 0.6 is 0 Å². The molecule has 1 aromatic carbocycles. The van der Waals surface area contributed by atoms with E-state index in [2.05, 4.69) is 9.97 Å². The molecule has 0 atom stereocenters. The van der Waals surface area contributed by atoms with Gasteiger partial charge in [0.25, 0.3) is 0 Å². The number of benzene rings is 1. The zero-order chi connectivity index (χ0) is 13.0. The zero-order valence-corrected chi connectivity index (χ0v) is 9.76. The van der Waals surface area contributed by atoms with Gasteiger partial charge in [-0.15, -0.1) is 0 Å². The highest BCUT2D eigenvalue weighted by atomic mass is 19.1. The maximum absolute atomic E-state index is 12.8. The largest absolute Gasteiger partial charge is 0.461 e. The Morgan fingerprint density at radius 2 is 2.00 bits per heavy atom. The number of carbonyl (C=O) groups excluding carboxylic acids is 1. The molecule has 0 fully saturated rings. The third-order valence-electron chi connectivity index (χ3n) is 2.24. The second-order valence-electron chi connectivity index (χ2n) is 3.49. The summed E-state index contributed by atoms with van der Waals surface area (Å²) in [7, 11) is 0. The van der Waals surface area contributed by atoms with E-state index in [1.165, 1.54) is 24.4 Å². The first-order valence-electron chi connectivity index (χ1n) is 5.47. The Balaban J connectivity index is 2.32. The van der Waals surface area contributed by atoms with Crippen LogP contribution < -0.4 is 0 Å². The Bertz CT molecular complexity index is 555. The van der Waals surface area contributed by atoms with Crippen LogP contribution in [-0.4, -0.2) is 22.5 Å². The Morgan fingerprint density at radius 3 is 2.67 bits per heavy atom. The van der Waals surface area contributed by atoms with E-state index in [1.807, 2.05) is 0 Å². The molecule has 0 amide bonds. The van der Waals surface area contributed by atoms with Crippen LogP contribution in [0.5, 0.6) is 0 Å². The van der Waals surface area contributed by atoms with Crippen molar-refractivity contribution in [3.8, 4) is 11.4 Å². The Labute approximate surface area is 103 Å². The van der Waals surface area contributed by atoms with E-state index in [4.69, 9.17) is 4.74 Å². The van der Waals surface area contributed by atoms with Crippen LogP contribution in [-0.2, 0) is 4.74 Å². The quantitative estimate of drug-likeness (QED) is 0.780. The predicted molar refractivity (Wildman–Crippen MR) is 63.4 cm³/mol. The minimum absolute atomic E-state index is 0.186. The number of halogens is 1. The third-order valence-corrected chi connectivity index (χ3v) is 2.24. The summed E-state index contributed by atoms with van der Waals surface area (Å²) < 4.78 is 17.6. The number of nitrogens with zero attached hydrogens (tertiary/aromatic N) is 2. The summed E-state index contributed by atoms with van der Waals surface area (Å²) in [6, 6.07) is 7.22. The summed E-state index contributed by atoms with van der Waals surface area (Å²) in [5.41, 5.74) is 0.828. The van der Waals surface area contributed by atoms with E-state index < -0.39 is 5.97 Å². The van der Waals surface area contributed by atoms with Crippen LogP contribution in [0.2, 0.25) is 0 Å². The van der Waals surface area contributed by atoms with Gasteiger partial charge in [-0.05, 0) is 37.3 Å². The number of esters is 1. The normalized spacial score (nSPS) is 10.1. The topological polar surface area (TPSA) is 52.1 Å². The number of ether oxygens (including phenoxy) is 1. The van der Waals surface area contributed by atoms with Gasteiger partial charge in [0.1, 0.15) is 5.82 Å². The molecule has 0 bridgehead atoms. The molecule has 0 aliphatic carbocycles. The van der Waals surface area contributed by atoms with Crippen LogP contribution in [0.15, 0.2) is 36.5 Å². The summed E-state index contributed by atoms with van der Waals surface area (Å²) in [6.07, 6.45) is 1.47. The fourth-order valence-corrected chi connectivity index (χ4v) is 1.42. The highest BCUT2D eigenvalue weighted by Crippen LogP contribution is 2.15. The minimum Gasteiger partial charge on any atom is -0.461 e. The van der Waals surface area contributed by atoms with E-state index in [0.29, 0.717) is 11.4 Å². The lowest BCUT2D eigenvalue weighted by molar-refractivity contribution is 0.0519. The molecule has 0 saturated carbocycles. The van der Waals surface area contributed by atoms with E-state index in [9.17, 15) is 9.18 Å². The highest BCUT2D eigenvalue weighted by molar-refractivity contribution is 5.87. The van der Waals surface area contributed by atoms with E-state index in [-0.39, 0.29) is 18.1 Å². The highest BCUT2D eigenvalue weighted by Gasteiger charge is 2.10. The van der Waals surface area contributed by atoms with Crippen molar-refractivity contribution in [2.24, 2.45) is 0 Å². The molecule has 92 valence electrons. The van der Waals surface area contributed by atoms with Crippen molar-refractivity contribution < 1.29 is 13.9 Å². The van der Waals surface area contributed by atoms with E-state index >= 15 is 0 Å². The fourth-order valence-electron chi connectivity index (χ4n) is 1.42. The maximum Gasteiger partial charge on any atom is 0.357 e. The summed E-state index contributed by atoms with van der Waals surface area (Å²) in [4.78, 5) is 19.6. The number of carbonyl (C=O) groups is 1. The summed E-state index contributed by atoms with van der Waals surface area (Å²) >= 11 is 0. The van der Waals surface area contributed by atoms with Gasteiger partial charge in [0.05, 0.1) is 6.61 Å². The molecule has 5 heteroatoms. The fraction of sp³-hybridized carbons (Fsp3) is 0.154. The van der Waals surface area contributed by atoms with Gasteiger partial charge in [0, 0.05) is 11.8 Å². The number of rotatable bonds is 3. The van der Waals surface area contributed by atoms with Crippen molar-refractivity contribution in [1.29, 1.82) is 0 Å². The Hall–Kier alpha value is -2.30. The molecule has 0 radical (unpaired) electrons. The van der Waals surface area contributed by atoms with E-state index in [1.54, 1.807) is 19.1 Å². The third kappa shape index (κ3) is 2.68. The Morgan fingerprint density at radius 1 is 1.28 bits per heavy atom. The number of hydrogen-bond acceptors (Lipinski definition) is 4. The molecule has 2 rings (SSSR count). The number of hydrogen-bond donors (Lipinski definition) is 0. The lowest BCUT2D eigenvalue weighted by atomic mass is 10.2. The van der Waals surface area contributed by atoms with Crippen LogP contribution in [0.4, 0.5) is 4.39 Å². The first-order chi connectivity index (χ1) is 8.70.